The Morgan fingerprint density at radius 3 is 2.41 bits per heavy atom. The molecule has 0 aliphatic heterocycles. The van der Waals surface area contributed by atoms with Crippen molar-refractivity contribution in [3.05, 3.63) is 65.7 Å². The van der Waals surface area contributed by atoms with E-state index < -0.39 is 23.8 Å². The Balaban J connectivity index is 1.91. The lowest BCUT2D eigenvalue weighted by Gasteiger charge is -2.16. The summed E-state index contributed by atoms with van der Waals surface area (Å²) in [6.07, 6.45) is 0.111. The van der Waals surface area contributed by atoms with Gasteiger partial charge in [-0.2, -0.15) is 0 Å². The predicted molar refractivity (Wildman–Crippen MR) is 108 cm³/mol. The molecule has 7 nitrogen and oxygen atoms in total. The molecule has 0 fully saturated rings. The molecule has 0 aliphatic rings. The molecule has 2 aromatic carbocycles. The summed E-state index contributed by atoms with van der Waals surface area (Å²) in [4.78, 5) is 35.1. The van der Waals surface area contributed by atoms with Gasteiger partial charge in [-0.15, -0.1) is 0 Å². The van der Waals surface area contributed by atoms with Crippen LogP contribution in [0.5, 0.6) is 5.75 Å². The summed E-state index contributed by atoms with van der Waals surface area (Å²) in [6, 6.07) is 16.2. The van der Waals surface area contributed by atoms with Gasteiger partial charge in [-0.05, 0) is 30.2 Å². The fourth-order valence-corrected chi connectivity index (χ4v) is 2.68. The van der Waals surface area contributed by atoms with Crippen LogP contribution in [0.4, 0.5) is 0 Å². The van der Waals surface area contributed by atoms with E-state index in [9.17, 15) is 14.4 Å². The number of primary amides is 1. The van der Waals surface area contributed by atoms with Gasteiger partial charge in [0.05, 0.1) is 13.0 Å². The molecule has 0 heterocycles. The summed E-state index contributed by atoms with van der Waals surface area (Å²) >= 11 is 0. The first-order chi connectivity index (χ1) is 14.0. The summed E-state index contributed by atoms with van der Waals surface area (Å²) in [6.45, 7) is 2.37. The van der Waals surface area contributed by atoms with Crippen molar-refractivity contribution in [3.63, 3.8) is 0 Å². The molecule has 0 radical (unpaired) electrons. The lowest BCUT2D eigenvalue weighted by molar-refractivity contribution is -0.144. The minimum Gasteiger partial charge on any atom is -0.489 e. The molecule has 0 spiro atoms. The number of nitrogens with two attached hydrogens (primary N) is 1. The summed E-state index contributed by atoms with van der Waals surface area (Å²) in [7, 11) is 0. The highest BCUT2D eigenvalue weighted by molar-refractivity contribution is 5.88. The molecule has 0 saturated carbocycles. The van der Waals surface area contributed by atoms with E-state index in [-0.39, 0.29) is 25.9 Å². The average molecular weight is 398 g/mol. The Hall–Kier alpha value is -3.35. The van der Waals surface area contributed by atoms with E-state index in [1.165, 1.54) is 0 Å². The van der Waals surface area contributed by atoms with Gasteiger partial charge in [-0.25, -0.2) is 0 Å². The second-order valence-corrected chi connectivity index (χ2v) is 6.45. The Morgan fingerprint density at radius 2 is 1.72 bits per heavy atom. The topological polar surface area (TPSA) is 108 Å². The van der Waals surface area contributed by atoms with Crippen molar-refractivity contribution in [1.82, 2.24) is 5.32 Å². The molecule has 0 aromatic heterocycles. The molecule has 29 heavy (non-hydrogen) atoms. The van der Waals surface area contributed by atoms with Crippen LogP contribution in [0.25, 0.3) is 0 Å². The van der Waals surface area contributed by atoms with E-state index in [1.807, 2.05) is 54.6 Å². The molecule has 0 bridgehead atoms. The standard InChI is InChI=1S/C22H26N2O5/c1-2-28-21(26)12-11-20(25)24-19(22(23)27)14-17-9-6-10-18(13-17)29-15-16-7-4-3-5-8-16/h3-10,13,19H,2,11-12,14-15H2,1H3,(H2,23,27)(H,24,25)/t19-/m0/s1. The Bertz CT molecular complexity index is 823. The van der Waals surface area contributed by atoms with E-state index in [4.69, 9.17) is 15.2 Å². The van der Waals surface area contributed by atoms with Gasteiger partial charge in [0.2, 0.25) is 11.8 Å². The first-order valence-electron chi connectivity index (χ1n) is 9.48. The summed E-state index contributed by atoms with van der Waals surface area (Å²) in [5, 5.41) is 2.58. The second kappa shape index (κ2) is 11.5. The second-order valence-electron chi connectivity index (χ2n) is 6.45. The molecule has 2 aromatic rings. The van der Waals surface area contributed by atoms with Crippen molar-refractivity contribution >= 4 is 17.8 Å². The zero-order valence-corrected chi connectivity index (χ0v) is 16.4. The van der Waals surface area contributed by atoms with Crippen molar-refractivity contribution in [2.75, 3.05) is 6.61 Å². The van der Waals surface area contributed by atoms with Crippen molar-refractivity contribution in [1.29, 1.82) is 0 Å². The summed E-state index contributed by atoms with van der Waals surface area (Å²) < 4.78 is 10.6. The van der Waals surface area contributed by atoms with Crippen LogP contribution in [-0.4, -0.2) is 30.4 Å². The Labute approximate surface area is 170 Å². The maximum atomic E-state index is 12.0. The molecular weight excluding hydrogens is 372 g/mol. The van der Waals surface area contributed by atoms with Crippen molar-refractivity contribution < 1.29 is 23.9 Å². The third kappa shape index (κ3) is 8.04. The highest BCUT2D eigenvalue weighted by Gasteiger charge is 2.19. The number of benzene rings is 2. The fourth-order valence-electron chi connectivity index (χ4n) is 2.68. The first kappa shape index (κ1) is 21.9. The monoisotopic (exact) mass is 398 g/mol. The molecular formula is C22H26N2O5. The Kier molecular flexibility index (Phi) is 8.69. The van der Waals surface area contributed by atoms with Crippen LogP contribution in [0.15, 0.2) is 54.6 Å². The quantitative estimate of drug-likeness (QED) is 0.564. The van der Waals surface area contributed by atoms with E-state index in [0.29, 0.717) is 12.4 Å². The molecule has 2 rings (SSSR count). The van der Waals surface area contributed by atoms with Crippen molar-refractivity contribution in [2.45, 2.75) is 38.8 Å². The SMILES string of the molecule is CCOC(=O)CCC(=O)N[C@@H](Cc1cccc(OCc2ccccc2)c1)C(N)=O. The lowest BCUT2D eigenvalue weighted by Crippen LogP contribution is -2.45. The Morgan fingerprint density at radius 1 is 1.00 bits per heavy atom. The highest BCUT2D eigenvalue weighted by Crippen LogP contribution is 2.16. The minimum atomic E-state index is -0.880. The molecule has 0 aliphatic carbocycles. The highest BCUT2D eigenvalue weighted by atomic mass is 16.5. The first-order valence-corrected chi connectivity index (χ1v) is 9.48. The molecule has 7 heteroatoms. The maximum Gasteiger partial charge on any atom is 0.306 e. The zero-order chi connectivity index (χ0) is 21.1. The molecule has 0 saturated heterocycles. The molecule has 154 valence electrons. The predicted octanol–water partition coefficient (Wildman–Crippen LogP) is 2.12. The number of rotatable bonds is 11. The molecule has 1 atom stereocenters. The van der Waals surface area contributed by atoms with Crippen LogP contribution in [0.3, 0.4) is 0 Å². The van der Waals surface area contributed by atoms with Crippen LogP contribution >= 0.6 is 0 Å². The van der Waals surface area contributed by atoms with Gasteiger partial charge in [0, 0.05) is 12.8 Å². The third-order valence-corrected chi connectivity index (χ3v) is 4.13. The smallest absolute Gasteiger partial charge is 0.306 e. The minimum absolute atomic E-state index is 0.0477. The number of carbonyl (C=O) groups excluding carboxylic acids is 3. The largest absolute Gasteiger partial charge is 0.489 e. The normalized spacial score (nSPS) is 11.3. The number of amides is 2. The number of ether oxygens (including phenoxy) is 2. The van der Waals surface area contributed by atoms with Crippen molar-refractivity contribution in [3.8, 4) is 5.75 Å². The van der Waals surface area contributed by atoms with Gasteiger partial charge in [0.25, 0.3) is 0 Å². The van der Waals surface area contributed by atoms with Gasteiger partial charge in [0.15, 0.2) is 0 Å². The number of hydrogen-bond donors (Lipinski definition) is 2. The van der Waals surface area contributed by atoms with Gasteiger partial charge in [-0.3, -0.25) is 14.4 Å². The summed E-state index contributed by atoms with van der Waals surface area (Å²) in [5.74, 6) is -0.881. The van der Waals surface area contributed by atoms with Gasteiger partial charge in [0.1, 0.15) is 18.4 Å². The van der Waals surface area contributed by atoms with Crippen LogP contribution in [0.1, 0.15) is 30.9 Å². The van der Waals surface area contributed by atoms with Crippen LogP contribution in [0.2, 0.25) is 0 Å². The molecule has 3 N–H and O–H groups in total. The number of hydrogen-bond acceptors (Lipinski definition) is 5. The van der Waals surface area contributed by atoms with E-state index >= 15 is 0 Å². The number of esters is 1. The van der Waals surface area contributed by atoms with E-state index in [2.05, 4.69) is 5.32 Å². The number of carbonyl (C=O) groups is 3. The summed E-state index contributed by atoms with van der Waals surface area (Å²) in [5.41, 5.74) is 7.27. The zero-order valence-electron chi connectivity index (χ0n) is 16.4. The van der Waals surface area contributed by atoms with Crippen LogP contribution < -0.4 is 15.8 Å². The maximum absolute atomic E-state index is 12.0. The fraction of sp³-hybridized carbons (Fsp3) is 0.318. The van der Waals surface area contributed by atoms with Crippen molar-refractivity contribution in [2.24, 2.45) is 5.73 Å². The van der Waals surface area contributed by atoms with Gasteiger partial charge in [-0.1, -0.05) is 42.5 Å². The van der Waals surface area contributed by atoms with Gasteiger partial charge < -0.3 is 20.5 Å². The van der Waals surface area contributed by atoms with Crippen LogP contribution in [-0.2, 0) is 32.1 Å². The number of nitrogens with one attached hydrogen (secondary N) is 1. The third-order valence-electron chi connectivity index (χ3n) is 4.13. The lowest BCUT2D eigenvalue weighted by atomic mass is 10.0. The average Bonchev–Trinajstić information content (AvgIpc) is 2.71. The molecule has 0 unspecified atom stereocenters. The molecule has 2 amide bonds. The van der Waals surface area contributed by atoms with E-state index in [0.717, 1.165) is 11.1 Å². The van der Waals surface area contributed by atoms with Gasteiger partial charge >= 0.3 is 5.97 Å². The van der Waals surface area contributed by atoms with Crippen LogP contribution in [0, 0.1) is 0 Å². The van der Waals surface area contributed by atoms with E-state index in [1.54, 1.807) is 6.92 Å².